The number of hydrogen-bond acceptors (Lipinski definition) is 5. The third-order valence-electron chi connectivity index (χ3n) is 3.97. The van der Waals surface area contributed by atoms with E-state index in [1.807, 2.05) is 26.0 Å². The van der Waals surface area contributed by atoms with E-state index in [4.69, 9.17) is 9.47 Å². The summed E-state index contributed by atoms with van der Waals surface area (Å²) in [7, 11) is 0. The molecule has 1 N–H and O–H groups in total. The number of pyridine rings is 1. The highest BCUT2D eigenvalue weighted by atomic mass is 32.2. The van der Waals surface area contributed by atoms with E-state index in [2.05, 4.69) is 10.3 Å². The third kappa shape index (κ3) is 2.65. The number of rotatable bonds is 1. The van der Waals surface area contributed by atoms with Gasteiger partial charge in [-0.3, -0.25) is 4.90 Å². The fourth-order valence-corrected chi connectivity index (χ4v) is 4.02. The number of carbonyl (C=O) groups is 1. The SMILES string of the molecule is Cc1cc(C)c2c(n1)SCCN2C(=O)Nc1ccc2c(c1)OCO2. The minimum atomic E-state index is -0.163. The summed E-state index contributed by atoms with van der Waals surface area (Å²) in [5.74, 6) is 2.18. The topological polar surface area (TPSA) is 63.7 Å². The number of amides is 2. The lowest BCUT2D eigenvalue weighted by Gasteiger charge is -2.30. The molecule has 0 spiro atoms. The van der Waals surface area contributed by atoms with Gasteiger partial charge in [-0.1, -0.05) is 0 Å². The summed E-state index contributed by atoms with van der Waals surface area (Å²) < 4.78 is 10.6. The molecule has 0 aliphatic carbocycles. The number of ether oxygens (including phenoxy) is 2. The maximum Gasteiger partial charge on any atom is 0.326 e. The zero-order valence-electron chi connectivity index (χ0n) is 13.5. The van der Waals surface area contributed by atoms with Gasteiger partial charge in [0, 0.05) is 29.7 Å². The summed E-state index contributed by atoms with van der Waals surface area (Å²) >= 11 is 1.69. The van der Waals surface area contributed by atoms with Crippen LogP contribution in [0.1, 0.15) is 11.3 Å². The highest BCUT2D eigenvalue weighted by Gasteiger charge is 2.26. The molecule has 0 bridgehead atoms. The minimum Gasteiger partial charge on any atom is -0.454 e. The van der Waals surface area contributed by atoms with E-state index in [0.717, 1.165) is 27.7 Å². The Balaban J connectivity index is 1.60. The van der Waals surface area contributed by atoms with Gasteiger partial charge in [-0.25, -0.2) is 9.78 Å². The first-order valence-electron chi connectivity index (χ1n) is 7.71. The first-order chi connectivity index (χ1) is 11.6. The van der Waals surface area contributed by atoms with Crippen molar-refractivity contribution in [1.82, 2.24) is 4.98 Å². The van der Waals surface area contributed by atoms with Crippen molar-refractivity contribution in [2.45, 2.75) is 18.9 Å². The van der Waals surface area contributed by atoms with Crippen molar-refractivity contribution >= 4 is 29.2 Å². The Morgan fingerprint density at radius 1 is 1.25 bits per heavy atom. The molecule has 0 atom stereocenters. The van der Waals surface area contributed by atoms with Crippen molar-refractivity contribution < 1.29 is 14.3 Å². The van der Waals surface area contributed by atoms with Crippen LogP contribution in [0.5, 0.6) is 11.5 Å². The van der Waals surface area contributed by atoms with Gasteiger partial charge < -0.3 is 14.8 Å². The molecule has 0 radical (unpaired) electrons. The Kier molecular flexibility index (Phi) is 3.72. The van der Waals surface area contributed by atoms with Crippen molar-refractivity contribution in [3.05, 3.63) is 35.5 Å². The van der Waals surface area contributed by atoms with Crippen molar-refractivity contribution in [3.8, 4) is 11.5 Å². The number of anilines is 2. The van der Waals surface area contributed by atoms with E-state index in [9.17, 15) is 4.79 Å². The zero-order valence-corrected chi connectivity index (χ0v) is 14.3. The second kappa shape index (κ2) is 5.90. The molecular formula is C17H17N3O3S. The molecule has 0 fully saturated rings. The number of urea groups is 1. The molecule has 6 nitrogen and oxygen atoms in total. The Morgan fingerprint density at radius 3 is 2.96 bits per heavy atom. The number of aromatic nitrogens is 1. The molecule has 1 aromatic heterocycles. The minimum absolute atomic E-state index is 0.163. The van der Waals surface area contributed by atoms with E-state index < -0.39 is 0 Å². The maximum atomic E-state index is 12.8. The van der Waals surface area contributed by atoms with E-state index in [1.54, 1.807) is 28.8 Å². The highest BCUT2D eigenvalue weighted by molar-refractivity contribution is 7.99. The van der Waals surface area contributed by atoms with E-state index >= 15 is 0 Å². The fraction of sp³-hybridized carbons (Fsp3) is 0.294. The maximum absolute atomic E-state index is 12.8. The monoisotopic (exact) mass is 343 g/mol. The van der Waals surface area contributed by atoms with Gasteiger partial charge in [-0.05, 0) is 37.6 Å². The molecule has 2 aliphatic rings. The lowest BCUT2D eigenvalue weighted by Crippen LogP contribution is -2.39. The summed E-state index contributed by atoms with van der Waals surface area (Å²) in [6, 6.07) is 7.23. The lowest BCUT2D eigenvalue weighted by atomic mass is 10.2. The second-order valence-electron chi connectivity index (χ2n) is 5.73. The molecule has 0 saturated carbocycles. The summed E-state index contributed by atoms with van der Waals surface area (Å²) in [5, 5.41) is 3.85. The van der Waals surface area contributed by atoms with Gasteiger partial charge in [0.25, 0.3) is 0 Å². The van der Waals surface area contributed by atoms with Gasteiger partial charge in [0.2, 0.25) is 6.79 Å². The number of thioether (sulfide) groups is 1. The Morgan fingerprint density at radius 2 is 2.08 bits per heavy atom. The number of fused-ring (bicyclic) bond motifs is 2. The second-order valence-corrected chi connectivity index (χ2v) is 6.82. The molecule has 4 rings (SSSR count). The molecule has 2 aromatic rings. The van der Waals surface area contributed by atoms with Crippen molar-refractivity contribution in [2.75, 3.05) is 29.3 Å². The first kappa shape index (κ1) is 15.1. The zero-order chi connectivity index (χ0) is 16.7. The van der Waals surface area contributed by atoms with Crippen molar-refractivity contribution in [2.24, 2.45) is 0 Å². The fourth-order valence-electron chi connectivity index (χ4n) is 2.94. The van der Waals surface area contributed by atoms with Crippen LogP contribution in [0, 0.1) is 13.8 Å². The molecule has 0 saturated heterocycles. The lowest BCUT2D eigenvalue weighted by molar-refractivity contribution is 0.174. The van der Waals surface area contributed by atoms with Gasteiger partial charge in [-0.15, -0.1) is 11.8 Å². The predicted octanol–water partition coefficient (Wildman–Crippen LogP) is 3.57. The van der Waals surface area contributed by atoms with Gasteiger partial charge in [0.15, 0.2) is 11.5 Å². The first-order valence-corrected chi connectivity index (χ1v) is 8.69. The van der Waals surface area contributed by atoms with Crippen LogP contribution in [0.4, 0.5) is 16.2 Å². The van der Waals surface area contributed by atoms with E-state index in [1.165, 1.54) is 0 Å². The van der Waals surface area contributed by atoms with Crippen LogP contribution in [0.3, 0.4) is 0 Å². The molecule has 0 unspecified atom stereocenters. The molecule has 2 aliphatic heterocycles. The Labute approximate surface area is 144 Å². The van der Waals surface area contributed by atoms with Crippen molar-refractivity contribution in [1.29, 1.82) is 0 Å². The Bertz CT molecular complexity index is 825. The van der Waals surface area contributed by atoms with Gasteiger partial charge in [-0.2, -0.15) is 0 Å². The number of nitrogens with one attached hydrogen (secondary N) is 1. The molecule has 3 heterocycles. The summed E-state index contributed by atoms with van der Waals surface area (Å²) in [4.78, 5) is 19.1. The van der Waals surface area contributed by atoms with Crippen LogP contribution in [0.15, 0.2) is 29.3 Å². The molecular weight excluding hydrogens is 326 g/mol. The smallest absolute Gasteiger partial charge is 0.326 e. The molecule has 2 amide bonds. The summed E-state index contributed by atoms with van der Waals surface area (Å²) in [6.45, 7) is 4.85. The van der Waals surface area contributed by atoms with Gasteiger partial charge in [0.1, 0.15) is 5.03 Å². The van der Waals surface area contributed by atoms with Crippen LogP contribution in [0.2, 0.25) is 0 Å². The van der Waals surface area contributed by atoms with E-state index in [-0.39, 0.29) is 12.8 Å². The van der Waals surface area contributed by atoms with Crippen LogP contribution in [-0.4, -0.2) is 30.1 Å². The third-order valence-corrected chi connectivity index (χ3v) is 4.92. The quantitative estimate of drug-likeness (QED) is 0.857. The number of nitrogens with zero attached hydrogens (tertiary/aromatic N) is 2. The van der Waals surface area contributed by atoms with Crippen molar-refractivity contribution in [3.63, 3.8) is 0 Å². The molecule has 1 aromatic carbocycles. The molecule has 7 heteroatoms. The molecule has 124 valence electrons. The molecule has 24 heavy (non-hydrogen) atoms. The van der Waals surface area contributed by atoms with Crippen LogP contribution in [0.25, 0.3) is 0 Å². The van der Waals surface area contributed by atoms with Crippen LogP contribution in [-0.2, 0) is 0 Å². The van der Waals surface area contributed by atoms with E-state index in [0.29, 0.717) is 23.7 Å². The van der Waals surface area contributed by atoms with Crippen LogP contribution >= 0.6 is 11.8 Å². The number of carbonyl (C=O) groups excluding carboxylic acids is 1. The highest BCUT2D eigenvalue weighted by Crippen LogP contribution is 2.37. The average molecular weight is 343 g/mol. The average Bonchev–Trinajstić information content (AvgIpc) is 3.01. The normalized spacial score (nSPS) is 15.2. The number of hydrogen-bond donors (Lipinski definition) is 1. The Hall–Kier alpha value is -2.41. The summed E-state index contributed by atoms with van der Waals surface area (Å²) in [6.07, 6.45) is 0. The number of benzene rings is 1. The standard InChI is InChI=1S/C17H17N3O3S/c1-10-7-11(2)18-16-15(10)20(5-6-24-16)17(21)19-12-3-4-13-14(8-12)23-9-22-13/h3-4,7-8H,5-6,9H2,1-2H3,(H,19,21). The van der Waals surface area contributed by atoms with Crippen LogP contribution < -0.4 is 19.7 Å². The largest absolute Gasteiger partial charge is 0.454 e. The summed E-state index contributed by atoms with van der Waals surface area (Å²) in [5.41, 5.74) is 3.61. The number of aryl methyl sites for hydroxylation is 2. The van der Waals surface area contributed by atoms with Gasteiger partial charge >= 0.3 is 6.03 Å². The predicted molar refractivity (Wildman–Crippen MR) is 93.4 cm³/mol. The van der Waals surface area contributed by atoms with Gasteiger partial charge in [0.05, 0.1) is 5.69 Å².